The van der Waals surface area contributed by atoms with Crippen molar-refractivity contribution in [1.82, 2.24) is 20.2 Å². The summed E-state index contributed by atoms with van der Waals surface area (Å²) in [5, 5.41) is 9.93. The second-order valence-electron chi connectivity index (χ2n) is 2.78. The van der Waals surface area contributed by atoms with Gasteiger partial charge < -0.3 is 0 Å². The highest BCUT2D eigenvalue weighted by molar-refractivity contribution is 6.34. The Morgan fingerprint density at radius 3 is 2.88 bits per heavy atom. The zero-order valence-electron chi connectivity index (χ0n) is 7.96. The van der Waals surface area contributed by atoms with Crippen LogP contribution in [0.15, 0.2) is 30.9 Å². The molecule has 2 heterocycles. The monoisotopic (exact) mass is 235 g/mol. The van der Waals surface area contributed by atoms with E-state index in [-0.39, 0.29) is 11.0 Å². The van der Waals surface area contributed by atoms with E-state index in [2.05, 4.69) is 25.5 Å². The Morgan fingerprint density at radius 2 is 2.19 bits per heavy atom. The highest BCUT2D eigenvalue weighted by atomic mass is 35.5. The van der Waals surface area contributed by atoms with Gasteiger partial charge in [-0.2, -0.15) is 5.10 Å². The highest BCUT2D eigenvalue weighted by Crippen LogP contribution is 2.14. The van der Waals surface area contributed by atoms with E-state index >= 15 is 0 Å². The molecule has 2 rings (SSSR count). The van der Waals surface area contributed by atoms with Crippen LogP contribution < -0.4 is 5.32 Å². The van der Waals surface area contributed by atoms with Gasteiger partial charge in [0.05, 0.1) is 23.0 Å². The largest absolute Gasteiger partial charge is 0.289 e. The van der Waals surface area contributed by atoms with Crippen molar-refractivity contribution in [2.75, 3.05) is 5.32 Å². The molecule has 0 atom stereocenters. The first-order chi connectivity index (χ1) is 7.77. The van der Waals surface area contributed by atoms with Crippen molar-refractivity contribution in [3.63, 3.8) is 0 Å². The number of carbonyl (C=O) groups excluding carboxylic acids is 1. The Balaban J connectivity index is 2.19. The predicted octanol–water partition coefficient (Wildman–Crippen LogP) is 1.17. The first kappa shape index (κ1) is 10.4. The van der Waals surface area contributed by atoms with Crippen LogP contribution in [0, 0.1) is 0 Å². The summed E-state index contributed by atoms with van der Waals surface area (Å²) < 4.78 is 0. The fourth-order valence-corrected chi connectivity index (χ4v) is 1.24. The third kappa shape index (κ3) is 2.29. The number of carbonyl (C=O) groups is 1. The van der Waals surface area contributed by atoms with E-state index in [1.54, 1.807) is 0 Å². The maximum atomic E-state index is 11.7. The Kier molecular flexibility index (Phi) is 3.02. The molecule has 7 heteroatoms. The molecular weight excluding hydrogens is 230 g/mol. The lowest BCUT2D eigenvalue weighted by Gasteiger charge is -2.03. The molecule has 0 spiro atoms. The van der Waals surface area contributed by atoms with E-state index in [1.165, 1.54) is 30.9 Å². The van der Waals surface area contributed by atoms with Crippen molar-refractivity contribution < 1.29 is 4.79 Å². The molecule has 0 aliphatic rings. The number of nitrogens with zero attached hydrogens (tertiary/aromatic N) is 4. The van der Waals surface area contributed by atoms with Crippen molar-refractivity contribution in [3.8, 4) is 0 Å². The van der Waals surface area contributed by atoms with Crippen LogP contribution >= 0.6 is 11.6 Å². The number of hydrogen-bond donors (Lipinski definition) is 1. The van der Waals surface area contributed by atoms with Gasteiger partial charge in [0, 0.05) is 12.4 Å². The van der Waals surface area contributed by atoms with Crippen LogP contribution in [0.3, 0.4) is 0 Å². The molecule has 16 heavy (non-hydrogen) atoms. The summed E-state index contributed by atoms with van der Waals surface area (Å²) in [5.41, 5.74) is 0.309. The van der Waals surface area contributed by atoms with Crippen LogP contribution in [0.1, 0.15) is 10.4 Å². The summed E-state index contributed by atoms with van der Waals surface area (Å²) in [5.74, 6) is -0.277. The molecule has 2 aromatic rings. The van der Waals surface area contributed by atoms with Gasteiger partial charge in [0.15, 0.2) is 0 Å². The predicted molar refractivity (Wildman–Crippen MR) is 57.0 cm³/mol. The molecule has 0 aromatic carbocycles. The number of rotatable bonds is 2. The molecule has 80 valence electrons. The maximum absolute atomic E-state index is 11.7. The molecule has 0 bridgehead atoms. The number of amides is 1. The summed E-state index contributed by atoms with van der Waals surface area (Å²) in [4.78, 5) is 19.3. The molecule has 0 saturated heterocycles. The van der Waals surface area contributed by atoms with Gasteiger partial charge in [-0.1, -0.05) is 11.6 Å². The van der Waals surface area contributed by atoms with Gasteiger partial charge in [-0.3, -0.25) is 15.1 Å². The molecule has 1 N–H and O–H groups in total. The summed E-state index contributed by atoms with van der Waals surface area (Å²) >= 11 is 5.81. The molecule has 0 saturated carbocycles. The number of anilines is 1. The van der Waals surface area contributed by atoms with E-state index in [0.29, 0.717) is 5.56 Å². The normalized spacial score (nSPS) is 9.81. The lowest BCUT2D eigenvalue weighted by atomic mass is 10.2. The van der Waals surface area contributed by atoms with Crippen LogP contribution in [0.2, 0.25) is 5.02 Å². The van der Waals surface area contributed by atoms with Gasteiger partial charge in [0.1, 0.15) is 0 Å². The van der Waals surface area contributed by atoms with Gasteiger partial charge in [-0.05, 0) is 6.07 Å². The highest BCUT2D eigenvalue weighted by Gasteiger charge is 2.11. The topological polar surface area (TPSA) is 80.7 Å². The van der Waals surface area contributed by atoms with Crippen molar-refractivity contribution in [2.24, 2.45) is 0 Å². The van der Waals surface area contributed by atoms with E-state index < -0.39 is 5.91 Å². The van der Waals surface area contributed by atoms with Gasteiger partial charge in [-0.25, -0.2) is 4.98 Å². The van der Waals surface area contributed by atoms with E-state index in [1.807, 2.05) is 0 Å². The molecule has 6 nitrogen and oxygen atoms in total. The lowest BCUT2D eigenvalue weighted by molar-refractivity contribution is 0.102. The number of halogens is 1. The molecule has 2 aromatic heterocycles. The minimum atomic E-state index is -0.402. The van der Waals surface area contributed by atoms with Gasteiger partial charge in [0.25, 0.3) is 5.91 Å². The second-order valence-corrected chi connectivity index (χ2v) is 3.18. The SMILES string of the molecule is O=C(Nc1nccnn1)c1ccncc1Cl. The lowest BCUT2D eigenvalue weighted by Crippen LogP contribution is -2.14. The average Bonchev–Trinajstić information content (AvgIpc) is 2.31. The third-order valence-electron chi connectivity index (χ3n) is 1.73. The van der Waals surface area contributed by atoms with Crippen LogP contribution in [-0.4, -0.2) is 26.1 Å². The van der Waals surface area contributed by atoms with E-state index in [9.17, 15) is 4.79 Å². The molecule has 1 amide bonds. The Labute approximate surface area is 95.7 Å². The fraction of sp³-hybridized carbons (Fsp3) is 0. The third-order valence-corrected chi connectivity index (χ3v) is 2.03. The van der Waals surface area contributed by atoms with E-state index in [4.69, 9.17) is 11.6 Å². The summed E-state index contributed by atoms with van der Waals surface area (Å²) in [6, 6.07) is 1.51. The zero-order chi connectivity index (χ0) is 11.4. The Bertz CT molecular complexity index is 504. The van der Waals surface area contributed by atoms with Crippen molar-refractivity contribution in [3.05, 3.63) is 41.4 Å². The van der Waals surface area contributed by atoms with Crippen LogP contribution in [0.4, 0.5) is 5.95 Å². The molecule has 0 radical (unpaired) electrons. The van der Waals surface area contributed by atoms with Crippen LogP contribution in [0.25, 0.3) is 0 Å². The minimum absolute atomic E-state index is 0.125. The zero-order valence-corrected chi connectivity index (χ0v) is 8.72. The van der Waals surface area contributed by atoms with Crippen molar-refractivity contribution >= 4 is 23.5 Å². The molecular formula is C9H6ClN5O. The van der Waals surface area contributed by atoms with Crippen LogP contribution in [0.5, 0.6) is 0 Å². The van der Waals surface area contributed by atoms with Gasteiger partial charge in [-0.15, -0.1) is 5.10 Å². The van der Waals surface area contributed by atoms with Crippen molar-refractivity contribution in [2.45, 2.75) is 0 Å². The minimum Gasteiger partial charge on any atom is -0.289 e. The molecule has 0 unspecified atom stereocenters. The summed E-state index contributed by atoms with van der Waals surface area (Å²) in [6.45, 7) is 0. The standard InChI is InChI=1S/C9H6ClN5O/c10-7-5-11-2-1-6(7)8(16)14-9-12-3-4-13-15-9/h1-5H,(H,12,14,15,16). The first-order valence-electron chi connectivity index (χ1n) is 4.32. The Morgan fingerprint density at radius 1 is 1.31 bits per heavy atom. The Hall–Kier alpha value is -2.08. The maximum Gasteiger partial charge on any atom is 0.259 e. The van der Waals surface area contributed by atoms with Crippen LogP contribution in [-0.2, 0) is 0 Å². The smallest absolute Gasteiger partial charge is 0.259 e. The fourth-order valence-electron chi connectivity index (χ4n) is 1.03. The number of aromatic nitrogens is 4. The quantitative estimate of drug-likeness (QED) is 0.845. The summed E-state index contributed by atoms with van der Waals surface area (Å²) in [7, 11) is 0. The van der Waals surface area contributed by atoms with Crippen molar-refractivity contribution in [1.29, 1.82) is 0 Å². The van der Waals surface area contributed by atoms with Gasteiger partial charge in [0.2, 0.25) is 5.95 Å². The summed E-state index contributed by atoms with van der Waals surface area (Å²) in [6.07, 6.45) is 5.71. The second kappa shape index (κ2) is 4.63. The molecule has 0 aliphatic heterocycles. The average molecular weight is 236 g/mol. The van der Waals surface area contributed by atoms with Gasteiger partial charge >= 0.3 is 0 Å². The number of pyridine rings is 1. The first-order valence-corrected chi connectivity index (χ1v) is 4.70. The number of nitrogens with one attached hydrogen (secondary N) is 1. The number of hydrogen-bond acceptors (Lipinski definition) is 5. The molecule has 0 fully saturated rings. The van der Waals surface area contributed by atoms with E-state index in [0.717, 1.165) is 0 Å². The molecule has 0 aliphatic carbocycles.